The highest BCUT2D eigenvalue weighted by Crippen LogP contribution is 2.25. The van der Waals surface area contributed by atoms with E-state index >= 15 is 0 Å². The minimum Gasteiger partial charge on any atom is -0.268 e. The van der Waals surface area contributed by atoms with Gasteiger partial charge in [-0.15, -0.1) is 0 Å². The number of aryl methyl sites for hydroxylation is 1. The molecule has 0 aliphatic heterocycles. The lowest BCUT2D eigenvalue weighted by Crippen LogP contribution is -2.23. The lowest BCUT2D eigenvalue weighted by atomic mass is 10.2. The molecule has 4 nitrogen and oxygen atoms in total. The van der Waals surface area contributed by atoms with E-state index in [1.807, 2.05) is 61.5 Å². The minimum absolute atomic E-state index is 0.110. The number of hydrogen-bond donors (Lipinski definition) is 0. The highest BCUT2D eigenvalue weighted by Gasteiger charge is 2.15. The molecule has 0 atom stereocenters. The zero-order valence-corrected chi connectivity index (χ0v) is 16.2. The van der Waals surface area contributed by atoms with Crippen molar-refractivity contribution in [1.29, 1.82) is 0 Å². The van der Waals surface area contributed by atoms with Crippen LogP contribution in [0, 0.1) is 6.92 Å². The van der Waals surface area contributed by atoms with E-state index in [9.17, 15) is 4.79 Å². The molecule has 27 heavy (non-hydrogen) atoms. The average Bonchev–Trinajstić information content (AvgIpc) is 2.69. The smallest absolute Gasteiger partial charge is 0.267 e. The lowest BCUT2D eigenvalue weighted by molar-refractivity contribution is 0.789. The van der Waals surface area contributed by atoms with Gasteiger partial charge in [-0.25, -0.2) is 14.5 Å². The number of aromatic nitrogens is 3. The molecule has 0 bridgehead atoms. The van der Waals surface area contributed by atoms with Crippen molar-refractivity contribution in [1.82, 2.24) is 14.5 Å². The summed E-state index contributed by atoms with van der Waals surface area (Å²) in [7, 11) is 0. The van der Waals surface area contributed by atoms with E-state index in [2.05, 4.69) is 4.98 Å². The molecular weight excluding hydrogens is 378 g/mol. The van der Waals surface area contributed by atoms with E-state index in [4.69, 9.17) is 16.6 Å². The summed E-state index contributed by atoms with van der Waals surface area (Å²) < 4.78 is 1.61. The number of fused-ring (bicyclic) bond motifs is 1. The Kier molecular flexibility index (Phi) is 4.97. The fourth-order valence-electron chi connectivity index (χ4n) is 2.84. The molecule has 2 aromatic carbocycles. The Morgan fingerprint density at radius 1 is 1.04 bits per heavy atom. The van der Waals surface area contributed by atoms with Crippen LogP contribution in [0.1, 0.15) is 11.1 Å². The first-order chi connectivity index (χ1) is 13.1. The number of rotatable bonds is 4. The van der Waals surface area contributed by atoms with Crippen molar-refractivity contribution < 1.29 is 0 Å². The second-order valence-corrected chi connectivity index (χ2v) is 7.49. The Bertz CT molecular complexity index is 1170. The van der Waals surface area contributed by atoms with Gasteiger partial charge in [-0.2, -0.15) is 0 Å². The fraction of sp³-hybridized carbons (Fsp3) is 0.0952. The topological polar surface area (TPSA) is 47.8 Å². The quantitative estimate of drug-likeness (QED) is 0.360. The third-order valence-corrected chi connectivity index (χ3v) is 5.48. The van der Waals surface area contributed by atoms with E-state index in [0.29, 0.717) is 32.7 Å². The number of benzene rings is 2. The van der Waals surface area contributed by atoms with Crippen molar-refractivity contribution in [2.75, 3.05) is 0 Å². The second-order valence-electron chi connectivity index (χ2n) is 6.11. The molecule has 0 aliphatic rings. The van der Waals surface area contributed by atoms with Crippen molar-refractivity contribution in [2.45, 2.75) is 17.8 Å². The maximum atomic E-state index is 13.2. The van der Waals surface area contributed by atoms with Gasteiger partial charge < -0.3 is 0 Å². The highest BCUT2D eigenvalue weighted by molar-refractivity contribution is 7.98. The van der Waals surface area contributed by atoms with E-state index in [1.165, 1.54) is 11.8 Å². The molecule has 0 unspecified atom stereocenters. The number of hydrogen-bond acceptors (Lipinski definition) is 4. The van der Waals surface area contributed by atoms with E-state index in [-0.39, 0.29) is 5.56 Å². The maximum Gasteiger partial charge on any atom is 0.267 e. The normalized spacial score (nSPS) is 11.0. The van der Waals surface area contributed by atoms with Crippen molar-refractivity contribution >= 4 is 34.3 Å². The van der Waals surface area contributed by atoms with Crippen LogP contribution in [0.15, 0.2) is 76.8 Å². The zero-order chi connectivity index (χ0) is 18.8. The van der Waals surface area contributed by atoms with Crippen molar-refractivity contribution in [2.24, 2.45) is 0 Å². The Morgan fingerprint density at radius 3 is 2.59 bits per heavy atom. The van der Waals surface area contributed by atoms with Crippen LogP contribution in [0.2, 0.25) is 5.02 Å². The van der Waals surface area contributed by atoms with Crippen LogP contribution >= 0.6 is 23.4 Å². The number of nitrogens with zero attached hydrogens (tertiary/aromatic N) is 3. The van der Waals surface area contributed by atoms with Crippen molar-refractivity contribution in [3.8, 4) is 5.82 Å². The molecule has 2 heterocycles. The molecule has 0 spiro atoms. The fourth-order valence-corrected chi connectivity index (χ4v) is 3.91. The monoisotopic (exact) mass is 393 g/mol. The molecule has 4 rings (SSSR count). The minimum atomic E-state index is -0.110. The van der Waals surface area contributed by atoms with Gasteiger partial charge in [0.25, 0.3) is 5.56 Å². The first-order valence-corrected chi connectivity index (χ1v) is 9.81. The number of halogens is 1. The number of para-hydroxylation sites is 1. The molecule has 0 N–H and O–H groups in total. The molecule has 134 valence electrons. The van der Waals surface area contributed by atoms with Crippen molar-refractivity contribution in [3.05, 3.63) is 93.4 Å². The van der Waals surface area contributed by atoms with E-state index in [0.717, 1.165) is 11.1 Å². The zero-order valence-electron chi connectivity index (χ0n) is 14.6. The molecule has 0 radical (unpaired) electrons. The molecule has 0 amide bonds. The summed E-state index contributed by atoms with van der Waals surface area (Å²) in [6, 6.07) is 18.9. The van der Waals surface area contributed by atoms with Crippen LogP contribution in [0.5, 0.6) is 0 Å². The number of thioether (sulfide) groups is 1. The summed E-state index contributed by atoms with van der Waals surface area (Å²) in [5.41, 5.74) is 2.60. The van der Waals surface area contributed by atoms with E-state index in [1.54, 1.807) is 16.8 Å². The first-order valence-electron chi connectivity index (χ1n) is 8.44. The Labute approximate surface area is 165 Å². The van der Waals surface area contributed by atoms with Crippen LogP contribution in [-0.4, -0.2) is 14.5 Å². The first kappa shape index (κ1) is 17.8. The SMILES string of the molecule is Cc1cccnc1-n1c(SCc2ccc(Cl)cc2)nc2ccccc2c1=O. The Morgan fingerprint density at radius 2 is 1.81 bits per heavy atom. The van der Waals surface area contributed by atoms with Gasteiger partial charge in [0, 0.05) is 17.0 Å². The third-order valence-electron chi connectivity index (χ3n) is 4.22. The van der Waals surface area contributed by atoms with Gasteiger partial charge in [-0.1, -0.05) is 53.7 Å². The predicted molar refractivity (Wildman–Crippen MR) is 111 cm³/mol. The summed E-state index contributed by atoms with van der Waals surface area (Å²) in [4.78, 5) is 22.4. The lowest BCUT2D eigenvalue weighted by Gasteiger charge is -2.14. The van der Waals surface area contributed by atoms with Crippen LogP contribution in [-0.2, 0) is 5.75 Å². The largest absolute Gasteiger partial charge is 0.268 e. The number of pyridine rings is 1. The molecule has 0 aliphatic carbocycles. The van der Waals surface area contributed by atoms with Crippen LogP contribution in [0.25, 0.3) is 16.7 Å². The highest BCUT2D eigenvalue weighted by atomic mass is 35.5. The van der Waals surface area contributed by atoms with Crippen LogP contribution in [0.4, 0.5) is 0 Å². The summed E-state index contributed by atoms with van der Waals surface area (Å²) in [6.45, 7) is 1.94. The van der Waals surface area contributed by atoms with Crippen LogP contribution < -0.4 is 5.56 Å². The van der Waals surface area contributed by atoms with E-state index < -0.39 is 0 Å². The van der Waals surface area contributed by atoms with Gasteiger partial charge >= 0.3 is 0 Å². The Hall–Kier alpha value is -2.63. The predicted octanol–water partition coefficient (Wildman–Crippen LogP) is 5.03. The molecule has 0 saturated carbocycles. The molecule has 0 fully saturated rings. The van der Waals surface area contributed by atoms with Gasteiger partial charge in [-0.3, -0.25) is 4.79 Å². The molecule has 0 saturated heterocycles. The summed E-state index contributed by atoms with van der Waals surface area (Å²) >= 11 is 7.47. The van der Waals surface area contributed by atoms with Crippen LogP contribution in [0.3, 0.4) is 0 Å². The van der Waals surface area contributed by atoms with Gasteiger partial charge in [-0.05, 0) is 48.4 Å². The standard InChI is InChI=1S/C21H16ClN3OS/c1-14-5-4-12-23-19(14)25-20(26)17-6-2-3-7-18(17)24-21(25)27-13-15-8-10-16(22)11-9-15/h2-12H,13H2,1H3. The van der Waals surface area contributed by atoms with Gasteiger partial charge in [0.05, 0.1) is 10.9 Å². The molecule has 4 aromatic rings. The Balaban J connectivity index is 1.85. The van der Waals surface area contributed by atoms with Gasteiger partial charge in [0.15, 0.2) is 5.16 Å². The summed E-state index contributed by atoms with van der Waals surface area (Å²) in [5, 5.41) is 1.91. The summed E-state index contributed by atoms with van der Waals surface area (Å²) in [6.07, 6.45) is 1.69. The average molecular weight is 394 g/mol. The van der Waals surface area contributed by atoms with Gasteiger partial charge in [0.2, 0.25) is 0 Å². The third kappa shape index (κ3) is 3.61. The maximum absolute atomic E-state index is 13.2. The molecule has 2 aromatic heterocycles. The van der Waals surface area contributed by atoms with Gasteiger partial charge in [0.1, 0.15) is 5.82 Å². The second kappa shape index (κ2) is 7.55. The molecular formula is C21H16ClN3OS. The molecule has 6 heteroatoms. The van der Waals surface area contributed by atoms with Crippen molar-refractivity contribution in [3.63, 3.8) is 0 Å². The summed E-state index contributed by atoms with van der Waals surface area (Å²) in [5.74, 6) is 1.28.